The van der Waals surface area contributed by atoms with Crippen molar-refractivity contribution in [1.82, 2.24) is 9.47 Å². The topological polar surface area (TPSA) is 61.1 Å². The molecule has 2 amide bonds. The quantitative estimate of drug-likeness (QED) is 0.588. The smallest absolute Gasteiger partial charge is 0.322 e. The van der Waals surface area contributed by atoms with Crippen molar-refractivity contribution in [2.24, 2.45) is 0 Å². The summed E-state index contributed by atoms with van der Waals surface area (Å²) >= 11 is 0. The molecule has 0 radical (unpaired) electrons. The van der Waals surface area contributed by atoms with Gasteiger partial charge in [0.05, 0.1) is 17.7 Å². The lowest BCUT2D eigenvalue weighted by molar-refractivity contribution is 0.199. The first kappa shape index (κ1) is 20.7. The van der Waals surface area contributed by atoms with Crippen LogP contribution in [0.15, 0.2) is 66.9 Å². The second kappa shape index (κ2) is 8.31. The first-order chi connectivity index (χ1) is 14.9. The Hall–Kier alpha value is -3.52. The van der Waals surface area contributed by atoms with Crippen LogP contribution in [0.25, 0.3) is 0 Å². The fourth-order valence-electron chi connectivity index (χ4n) is 4.18. The first-order valence-electron chi connectivity index (χ1n) is 10.7. The highest BCUT2D eigenvalue weighted by molar-refractivity contribution is 5.90. The third-order valence-corrected chi connectivity index (χ3v) is 5.85. The van der Waals surface area contributed by atoms with Crippen LogP contribution in [-0.2, 0) is 12.0 Å². The molecule has 31 heavy (non-hydrogen) atoms. The van der Waals surface area contributed by atoms with Gasteiger partial charge in [0.15, 0.2) is 0 Å². The minimum atomic E-state index is -0.175. The summed E-state index contributed by atoms with van der Waals surface area (Å²) < 4.78 is 2.24. The summed E-state index contributed by atoms with van der Waals surface area (Å²) in [6.07, 6.45) is 2.97. The van der Waals surface area contributed by atoms with Gasteiger partial charge in [0.1, 0.15) is 0 Å². The zero-order valence-electron chi connectivity index (χ0n) is 18.3. The predicted octanol–water partition coefficient (Wildman–Crippen LogP) is 5.68. The van der Waals surface area contributed by atoms with Gasteiger partial charge in [-0.2, -0.15) is 5.26 Å². The van der Waals surface area contributed by atoms with Crippen molar-refractivity contribution in [1.29, 1.82) is 5.26 Å². The molecule has 0 aliphatic carbocycles. The number of carbonyl (C=O) groups is 1. The van der Waals surface area contributed by atoms with Gasteiger partial charge in [0.25, 0.3) is 0 Å². The molecule has 1 aliphatic rings. The molecule has 2 heterocycles. The van der Waals surface area contributed by atoms with Crippen molar-refractivity contribution in [3.05, 3.63) is 89.2 Å². The van der Waals surface area contributed by atoms with Gasteiger partial charge in [-0.25, -0.2) is 4.79 Å². The number of amides is 2. The average molecular weight is 413 g/mol. The van der Waals surface area contributed by atoms with Gasteiger partial charge in [-0.3, -0.25) is 0 Å². The fraction of sp³-hybridized carbons (Fsp3) is 0.308. The molecule has 1 atom stereocenters. The van der Waals surface area contributed by atoms with E-state index >= 15 is 0 Å². The SMILES string of the molecule is CC(C)(C)c1ccc(C2c3cccn3CCCN2C(=O)Nc2cccc(C#N)c2)cc1. The van der Waals surface area contributed by atoms with E-state index in [1.807, 2.05) is 17.0 Å². The number of anilines is 1. The van der Waals surface area contributed by atoms with E-state index in [1.54, 1.807) is 18.2 Å². The van der Waals surface area contributed by atoms with Crippen molar-refractivity contribution >= 4 is 11.7 Å². The Balaban J connectivity index is 1.69. The number of nitrogens with zero attached hydrogens (tertiary/aromatic N) is 3. The average Bonchev–Trinajstić information content (AvgIpc) is 3.13. The van der Waals surface area contributed by atoms with E-state index in [0.717, 1.165) is 24.2 Å². The van der Waals surface area contributed by atoms with Crippen molar-refractivity contribution in [2.45, 2.75) is 45.2 Å². The highest BCUT2D eigenvalue weighted by Crippen LogP contribution is 2.34. The molecule has 0 saturated carbocycles. The summed E-state index contributed by atoms with van der Waals surface area (Å²) in [5.74, 6) is 0. The van der Waals surface area contributed by atoms with E-state index in [4.69, 9.17) is 5.26 Å². The van der Waals surface area contributed by atoms with Gasteiger partial charge in [-0.05, 0) is 53.3 Å². The Labute approximate surface area is 183 Å². The lowest BCUT2D eigenvalue weighted by Crippen LogP contribution is -2.38. The zero-order chi connectivity index (χ0) is 22.0. The van der Waals surface area contributed by atoms with Crippen LogP contribution in [0.3, 0.4) is 0 Å². The lowest BCUT2D eigenvalue weighted by Gasteiger charge is -2.31. The molecule has 1 aromatic heterocycles. The molecule has 3 aromatic rings. The Morgan fingerprint density at radius 2 is 1.84 bits per heavy atom. The number of fused-ring (bicyclic) bond motifs is 1. The Kier molecular flexibility index (Phi) is 5.56. The molecule has 1 unspecified atom stereocenters. The summed E-state index contributed by atoms with van der Waals surface area (Å²) in [5, 5.41) is 12.2. The largest absolute Gasteiger partial charge is 0.349 e. The molecule has 5 heteroatoms. The second-order valence-electron chi connectivity index (χ2n) is 9.07. The van der Waals surface area contributed by atoms with Crippen LogP contribution in [-0.4, -0.2) is 22.0 Å². The van der Waals surface area contributed by atoms with Gasteiger partial charge < -0.3 is 14.8 Å². The molecule has 0 spiro atoms. The number of rotatable bonds is 2. The molecule has 1 aliphatic heterocycles. The van der Waals surface area contributed by atoms with Crippen LogP contribution in [0.1, 0.15) is 55.6 Å². The molecule has 0 fully saturated rings. The monoisotopic (exact) mass is 412 g/mol. The summed E-state index contributed by atoms with van der Waals surface area (Å²) in [5.41, 5.74) is 4.70. The molecule has 158 valence electrons. The lowest BCUT2D eigenvalue weighted by atomic mass is 9.86. The molecule has 4 rings (SSSR count). The Morgan fingerprint density at radius 1 is 1.06 bits per heavy atom. The van der Waals surface area contributed by atoms with Crippen molar-refractivity contribution < 1.29 is 4.79 Å². The number of carbonyl (C=O) groups excluding carboxylic acids is 1. The summed E-state index contributed by atoms with van der Waals surface area (Å²) in [6, 6.07) is 21.6. The van der Waals surface area contributed by atoms with Crippen LogP contribution in [0.4, 0.5) is 10.5 Å². The number of urea groups is 1. The summed E-state index contributed by atoms with van der Waals surface area (Å²) in [6.45, 7) is 8.14. The summed E-state index contributed by atoms with van der Waals surface area (Å²) in [4.78, 5) is 15.3. The second-order valence-corrected chi connectivity index (χ2v) is 9.07. The maximum Gasteiger partial charge on any atom is 0.322 e. The number of aryl methyl sites for hydroxylation is 1. The van der Waals surface area contributed by atoms with E-state index in [0.29, 0.717) is 17.8 Å². The minimum absolute atomic E-state index is 0.0744. The van der Waals surface area contributed by atoms with E-state index < -0.39 is 0 Å². The molecular weight excluding hydrogens is 384 g/mol. The van der Waals surface area contributed by atoms with Crippen molar-refractivity contribution in [3.63, 3.8) is 0 Å². The number of nitriles is 1. The van der Waals surface area contributed by atoms with Gasteiger partial charge in [-0.15, -0.1) is 0 Å². The summed E-state index contributed by atoms with van der Waals surface area (Å²) in [7, 11) is 0. The number of aromatic nitrogens is 1. The molecule has 2 aromatic carbocycles. The molecule has 0 saturated heterocycles. The van der Waals surface area contributed by atoms with Crippen LogP contribution in [0, 0.1) is 11.3 Å². The fourth-order valence-corrected chi connectivity index (χ4v) is 4.18. The normalized spacial score (nSPS) is 16.2. The number of hydrogen-bond acceptors (Lipinski definition) is 2. The molecule has 0 bridgehead atoms. The third-order valence-electron chi connectivity index (χ3n) is 5.85. The number of benzene rings is 2. The van der Waals surface area contributed by atoms with E-state index in [-0.39, 0.29) is 17.5 Å². The van der Waals surface area contributed by atoms with Crippen LogP contribution < -0.4 is 5.32 Å². The van der Waals surface area contributed by atoms with Gasteiger partial charge >= 0.3 is 6.03 Å². The highest BCUT2D eigenvalue weighted by Gasteiger charge is 2.31. The Morgan fingerprint density at radius 3 is 2.55 bits per heavy atom. The maximum atomic E-state index is 13.4. The Bertz CT molecular complexity index is 1120. The zero-order valence-corrected chi connectivity index (χ0v) is 18.3. The number of hydrogen-bond donors (Lipinski definition) is 1. The van der Waals surface area contributed by atoms with Gasteiger partial charge in [-0.1, -0.05) is 51.1 Å². The van der Waals surface area contributed by atoms with Gasteiger partial charge in [0, 0.05) is 30.7 Å². The van der Waals surface area contributed by atoms with E-state index in [9.17, 15) is 4.79 Å². The highest BCUT2D eigenvalue weighted by atomic mass is 16.2. The van der Waals surface area contributed by atoms with E-state index in [2.05, 4.69) is 73.3 Å². The minimum Gasteiger partial charge on any atom is -0.349 e. The maximum absolute atomic E-state index is 13.4. The van der Waals surface area contributed by atoms with Crippen LogP contribution in [0.2, 0.25) is 0 Å². The molecule has 1 N–H and O–H groups in total. The standard InChI is InChI=1S/C26H28N4O/c1-26(2,3)21-12-10-20(11-13-21)24-23-9-5-14-29(23)15-6-16-30(24)25(31)28-22-8-4-7-19(17-22)18-27/h4-5,7-14,17,24H,6,15-16H2,1-3H3,(H,28,31). The first-order valence-corrected chi connectivity index (χ1v) is 10.7. The van der Waals surface area contributed by atoms with Gasteiger partial charge in [0.2, 0.25) is 0 Å². The predicted molar refractivity (Wildman–Crippen MR) is 123 cm³/mol. The molecular formula is C26H28N4O. The van der Waals surface area contributed by atoms with Crippen LogP contribution >= 0.6 is 0 Å². The third kappa shape index (κ3) is 4.34. The number of nitrogens with one attached hydrogen (secondary N) is 1. The molecule has 5 nitrogen and oxygen atoms in total. The van der Waals surface area contributed by atoms with Crippen LogP contribution in [0.5, 0.6) is 0 Å². The van der Waals surface area contributed by atoms with E-state index in [1.165, 1.54) is 5.56 Å². The van der Waals surface area contributed by atoms with Crippen molar-refractivity contribution in [3.8, 4) is 6.07 Å². The van der Waals surface area contributed by atoms with Crippen molar-refractivity contribution in [2.75, 3.05) is 11.9 Å².